The number of carbonyl (C=O) groups is 1. The molecule has 7 heteroatoms. The summed E-state index contributed by atoms with van der Waals surface area (Å²) in [5, 5.41) is 3.05. The van der Waals surface area contributed by atoms with Crippen LogP contribution in [0.3, 0.4) is 0 Å². The Morgan fingerprint density at radius 1 is 1.08 bits per heavy atom. The van der Waals surface area contributed by atoms with E-state index in [9.17, 15) is 4.79 Å². The Morgan fingerprint density at radius 3 is 2.70 bits per heavy atom. The lowest BCUT2D eigenvalue weighted by atomic mass is 9.90. The molecule has 1 amide bonds. The van der Waals surface area contributed by atoms with Crippen LogP contribution in [0.1, 0.15) is 68.6 Å². The first-order chi connectivity index (χ1) is 18.1. The molecule has 5 rings (SSSR count). The number of aryl methyl sites for hydroxylation is 3. The number of fused-ring (bicyclic) bond motifs is 1. The Kier molecular flexibility index (Phi) is 7.70. The van der Waals surface area contributed by atoms with Crippen molar-refractivity contribution in [3.05, 3.63) is 112 Å². The van der Waals surface area contributed by atoms with Crippen LogP contribution in [-0.2, 0) is 25.9 Å². The molecule has 0 aliphatic heterocycles. The van der Waals surface area contributed by atoms with Crippen LogP contribution in [0.2, 0.25) is 0 Å². The maximum atomic E-state index is 12.7. The number of aromatic nitrogens is 4. The fourth-order valence-electron chi connectivity index (χ4n) is 5.28. The molecule has 0 spiro atoms. The van der Waals surface area contributed by atoms with Gasteiger partial charge >= 0.3 is 0 Å². The number of aromatic amines is 1. The van der Waals surface area contributed by atoms with Crippen molar-refractivity contribution in [3.63, 3.8) is 0 Å². The summed E-state index contributed by atoms with van der Waals surface area (Å²) in [6.07, 6.45) is 11.6. The fraction of sp³-hybridized carbons (Fsp3) is 0.333. The van der Waals surface area contributed by atoms with Crippen LogP contribution < -0.4 is 5.32 Å². The van der Waals surface area contributed by atoms with Gasteiger partial charge in [-0.2, -0.15) is 0 Å². The number of rotatable bonds is 9. The number of imidazole rings is 1. The number of H-pyrrole nitrogens is 1. The van der Waals surface area contributed by atoms with Gasteiger partial charge in [-0.15, -0.1) is 0 Å². The molecule has 1 atom stereocenters. The maximum Gasteiger partial charge on any atom is 0.253 e. The van der Waals surface area contributed by atoms with E-state index in [1.807, 2.05) is 38.4 Å². The standard InChI is InChI=1S/C30H34N6O/c1-21-12-15-32-22(2)28(21)30(37)34-17-23-8-10-24(11-9-23)19-36(16-13-26-18-31-20-35-26)27-7-3-5-25-6-4-14-33-29(25)27/h4,6,8-12,14-15,18,20,27H,3,5,7,13,16-17,19H2,1-2H3,(H,31,35)(H,34,37). The molecule has 0 fully saturated rings. The zero-order valence-corrected chi connectivity index (χ0v) is 21.6. The number of hydrogen-bond donors (Lipinski definition) is 2. The van der Waals surface area contributed by atoms with Crippen molar-refractivity contribution in [2.75, 3.05) is 6.54 Å². The van der Waals surface area contributed by atoms with Gasteiger partial charge < -0.3 is 10.3 Å². The zero-order valence-electron chi connectivity index (χ0n) is 21.6. The Labute approximate surface area is 218 Å². The van der Waals surface area contributed by atoms with Gasteiger partial charge in [0.05, 0.1) is 29.3 Å². The molecule has 3 heterocycles. The fourth-order valence-corrected chi connectivity index (χ4v) is 5.28. The summed E-state index contributed by atoms with van der Waals surface area (Å²) in [7, 11) is 0. The Hall–Kier alpha value is -3.84. The molecule has 1 aliphatic carbocycles. The molecule has 1 unspecified atom stereocenters. The highest BCUT2D eigenvalue weighted by atomic mass is 16.1. The summed E-state index contributed by atoms with van der Waals surface area (Å²) in [5.74, 6) is -0.0828. The summed E-state index contributed by atoms with van der Waals surface area (Å²) in [6, 6.07) is 15.0. The van der Waals surface area contributed by atoms with Crippen LogP contribution in [0, 0.1) is 13.8 Å². The lowest BCUT2D eigenvalue weighted by Crippen LogP contribution is -2.33. The first-order valence-corrected chi connectivity index (χ1v) is 13.0. The molecule has 1 aromatic carbocycles. The molecular formula is C30H34N6O. The van der Waals surface area contributed by atoms with Crippen LogP contribution in [0.4, 0.5) is 0 Å². The molecule has 0 bridgehead atoms. The number of nitrogens with one attached hydrogen (secondary N) is 2. The average molecular weight is 495 g/mol. The van der Waals surface area contributed by atoms with Crippen LogP contribution in [0.5, 0.6) is 0 Å². The van der Waals surface area contributed by atoms with Gasteiger partial charge in [-0.1, -0.05) is 30.3 Å². The minimum Gasteiger partial charge on any atom is -0.348 e. The van der Waals surface area contributed by atoms with E-state index in [4.69, 9.17) is 4.98 Å². The van der Waals surface area contributed by atoms with E-state index in [0.29, 0.717) is 18.2 Å². The summed E-state index contributed by atoms with van der Waals surface area (Å²) in [6.45, 7) is 6.06. The molecule has 0 saturated carbocycles. The number of hydrogen-bond acceptors (Lipinski definition) is 5. The molecule has 190 valence electrons. The van der Waals surface area contributed by atoms with Gasteiger partial charge in [-0.05, 0) is 67.5 Å². The van der Waals surface area contributed by atoms with Gasteiger partial charge in [0.25, 0.3) is 5.91 Å². The van der Waals surface area contributed by atoms with Crippen molar-refractivity contribution in [1.82, 2.24) is 30.2 Å². The third-order valence-corrected chi connectivity index (χ3v) is 7.27. The van der Waals surface area contributed by atoms with E-state index >= 15 is 0 Å². The average Bonchev–Trinajstić information content (AvgIpc) is 3.44. The van der Waals surface area contributed by atoms with Crippen molar-refractivity contribution in [2.45, 2.75) is 58.7 Å². The highest BCUT2D eigenvalue weighted by Gasteiger charge is 2.27. The lowest BCUT2D eigenvalue weighted by molar-refractivity contribution is 0.0949. The van der Waals surface area contributed by atoms with E-state index in [1.54, 1.807) is 12.5 Å². The Bertz CT molecular complexity index is 1310. The quantitative estimate of drug-likeness (QED) is 0.347. The van der Waals surface area contributed by atoms with Crippen molar-refractivity contribution < 1.29 is 4.79 Å². The number of nitrogens with zero attached hydrogens (tertiary/aromatic N) is 4. The number of benzene rings is 1. The Morgan fingerprint density at radius 2 is 1.92 bits per heavy atom. The van der Waals surface area contributed by atoms with Crippen LogP contribution in [-0.4, -0.2) is 37.3 Å². The Balaban J connectivity index is 1.27. The molecule has 2 N–H and O–H groups in total. The summed E-state index contributed by atoms with van der Waals surface area (Å²) in [4.78, 5) is 31.8. The van der Waals surface area contributed by atoms with Gasteiger partial charge in [0.1, 0.15) is 0 Å². The van der Waals surface area contributed by atoms with E-state index in [2.05, 4.69) is 55.5 Å². The second-order valence-corrected chi connectivity index (χ2v) is 9.84. The first-order valence-electron chi connectivity index (χ1n) is 13.0. The first kappa shape index (κ1) is 24.8. The largest absolute Gasteiger partial charge is 0.348 e. The van der Waals surface area contributed by atoms with Gasteiger partial charge in [0.2, 0.25) is 0 Å². The summed E-state index contributed by atoms with van der Waals surface area (Å²) >= 11 is 0. The van der Waals surface area contributed by atoms with Gasteiger partial charge in [-0.3, -0.25) is 19.7 Å². The van der Waals surface area contributed by atoms with Gasteiger partial charge in [0.15, 0.2) is 0 Å². The van der Waals surface area contributed by atoms with Crippen LogP contribution in [0.15, 0.2) is 67.4 Å². The predicted octanol–water partition coefficient (Wildman–Crippen LogP) is 4.87. The summed E-state index contributed by atoms with van der Waals surface area (Å²) in [5.41, 5.74) is 8.41. The maximum absolute atomic E-state index is 12.7. The van der Waals surface area contributed by atoms with Gasteiger partial charge in [0, 0.05) is 50.3 Å². The monoisotopic (exact) mass is 494 g/mol. The highest BCUT2D eigenvalue weighted by Crippen LogP contribution is 2.33. The van der Waals surface area contributed by atoms with E-state index in [0.717, 1.165) is 54.9 Å². The van der Waals surface area contributed by atoms with E-state index < -0.39 is 0 Å². The smallest absolute Gasteiger partial charge is 0.253 e. The van der Waals surface area contributed by atoms with Crippen molar-refractivity contribution >= 4 is 5.91 Å². The zero-order chi connectivity index (χ0) is 25.6. The SMILES string of the molecule is Cc1ccnc(C)c1C(=O)NCc1ccc(CN(CCc2cnc[nH]2)C2CCCc3cccnc32)cc1. The van der Waals surface area contributed by atoms with Crippen molar-refractivity contribution in [3.8, 4) is 0 Å². The number of carbonyl (C=O) groups excluding carboxylic acids is 1. The van der Waals surface area contributed by atoms with Crippen molar-refractivity contribution in [2.24, 2.45) is 0 Å². The second-order valence-electron chi connectivity index (χ2n) is 9.84. The van der Waals surface area contributed by atoms with E-state index in [-0.39, 0.29) is 5.91 Å². The molecule has 1 aliphatic rings. The normalized spacial score (nSPS) is 14.9. The molecular weight excluding hydrogens is 460 g/mol. The van der Waals surface area contributed by atoms with Crippen molar-refractivity contribution in [1.29, 1.82) is 0 Å². The minimum absolute atomic E-state index is 0.0828. The highest BCUT2D eigenvalue weighted by molar-refractivity contribution is 5.96. The molecule has 37 heavy (non-hydrogen) atoms. The molecule has 7 nitrogen and oxygen atoms in total. The minimum atomic E-state index is -0.0828. The van der Waals surface area contributed by atoms with Gasteiger partial charge in [-0.25, -0.2) is 4.98 Å². The molecule has 3 aromatic heterocycles. The lowest BCUT2D eigenvalue weighted by Gasteiger charge is -2.35. The molecule has 0 saturated heterocycles. The second kappa shape index (κ2) is 11.5. The number of pyridine rings is 2. The summed E-state index contributed by atoms with van der Waals surface area (Å²) < 4.78 is 0. The topological polar surface area (TPSA) is 86.8 Å². The third kappa shape index (κ3) is 5.94. The molecule has 4 aromatic rings. The van der Waals surface area contributed by atoms with Crippen LogP contribution >= 0.6 is 0 Å². The van der Waals surface area contributed by atoms with Crippen LogP contribution in [0.25, 0.3) is 0 Å². The molecule has 0 radical (unpaired) electrons. The predicted molar refractivity (Wildman–Crippen MR) is 144 cm³/mol. The number of amides is 1. The third-order valence-electron chi connectivity index (χ3n) is 7.27. The van der Waals surface area contributed by atoms with E-state index in [1.165, 1.54) is 23.2 Å².